The Kier molecular flexibility index (Phi) is 2.30. The van der Waals surface area contributed by atoms with Crippen molar-refractivity contribution in [2.24, 2.45) is 0 Å². The summed E-state index contributed by atoms with van der Waals surface area (Å²) >= 11 is 1.92. The van der Waals surface area contributed by atoms with Crippen molar-refractivity contribution < 1.29 is 0 Å². The molecule has 7 heavy (non-hydrogen) atoms. The number of hydrogen-bond acceptors (Lipinski definition) is 2. The average Bonchev–Trinajstić information content (AvgIpc) is 1.90. The summed E-state index contributed by atoms with van der Waals surface area (Å²) in [7, 11) is 0. The molecule has 0 aromatic carbocycles. The van der Waals surface area contributed by atoms with E-state index in [2.05, 4.69) is 17.5 Å². The number of thioether (sulfide) groups is 1. The van der Waals surface area contributed by atoms with Gasteiger partial charge in [0.2, 0.25) is 0 Å². The summed E-state index contributed by atoms with van der Waals surface area (Å²) in [4.78, 5) is 0. The second-order valence-electron chi connectivity index (χ2n) is 1.44. The molecule has 0 spiro atoms. The number of nitrogens with one attached hydrogen (secondary N) is 1. The number of rotatable bonds is 0. The first kappa shape index (κ1) is 5.19. The molecule has 0 bridgehead atoms. The van der Waals surface area contributed by atoms with Crippen LogP contribution in [0.1, 0.15) is 0 Å². The van der Waals surface area contributed by atoms with Crippen LogP contribution in [0.15, 0.2) is 12.2 Å². The Hall–Kier alpha value is 0.0500. The minimum absolute atomic E-state index is 1.05. The third kappa shape index (κ3) is 2.00. The number of hydrogen-bond donors (Lipinski definition) is 1. The smallest absolute Gasteiger partial charge is 0.0423 e. The van der Waals surface area contributed by atoms with E-state index >= 15 is 0 Å². The van der Waals surface area contributed by atoms with Crippen LogP contribution >= 0.6 is 11.8 Å². The lowest BCUT2D eigenvalue weighted by Crippen LogP contribution is -2.10. The summed E-state index contributed by atoms with van der Waals surface area (Å²) in [5.41, 5.74) is 0. The van der Waals surface area contributed by atoms with Gasteiger partial charge in [0.15, 0.2) is 0 Å². The van der Waals surface area contributed by atoms with Crippen molar-refractivity contribution in [1.82, 2.24) is 5.32 Å². The molecule has 1 nitrogen and oxygen atoms in total. The maximum Gasteiger partial charge on any atom is 0.0423 e. The fourth-order valence-electron chi connectivity index (χ4n) is 0.493. The largest absolute Gasteiger partial charge is 0.304 e. The normalized spacial score (nSPS) is 21.7. The summed E-state index contributed by atoms with van der Waals surface area (Å²) in [5.74, 6) is 2.28. The topological polar surface area (TPSA) is 12.0 Å². The molecule has 0 unspecified atom stereocenters. The van der Waals surface area contributed by atoms with Gasteiger partial charge in [-0.15, -0.1) is 11.8 Å². The summed E-state index contributed by atoms with van der Waals surface area (Å²) in [5, 5.41) is 3.22. The van der Waals surface area contributed by atoms with Crippen molar-refractivity contribution in [3.8, 4) is 0 Å². The van der Waals surface area contributed by atoms with Crippen LogP contribution in [-0.2, 0) is 0 Å². The molecule has 2 heteroatoms. The van der Waals surface area contributed by atoms with E-state index < -0.39 is 0 Å². The highest BCUT2D eigenvalue weighted by Crippen LogP contribution is 1.98. The van der Waals surface area contributed by atoms with E-state index in [-0.39, 0.29) is 0 Å². The first-order chi connectivity index (χ1) is 3.50. The second-order valence-corrected chi connectivity index (χ2v) is 2.47. The molecule has 0 saturated carbocycles. The van der Waals surface area contributed by atoms with Crippen molar-refractivity contribution in [3.63, 3.8) is 0 Å². The first-order valence-electron chi connectivity index (χ1n) is 2.43. The molecule has 0 amide bonds. The van der Waals surface area contributed by atoms with E-state index in [4.69, 9.17) is 0 Å². The first-order valence-corrected chi connectivity index (χ1v) is 3.59. The third-order valence-corrected chi connectivity index (χ3v) is 1.68. The van der Waals surface area contributed by atoms with Crippen molar-refractivity contribution in [3.05, 3.63) is 12.2 Å². The van der Waals surface area contributed by atoms with Crippen molar-refractivity contribution in [2.75, 3.05) is 18.2 Å². The van der Waals surface area contributed by atoms with E-state index in [9.17, 15) is 0 Å². The van der Waals surface area contributed by atoms with Gasteiger partial charge in [0.1, 0.15) is 0 Å². The van der Waals surface area contributed by atoms with Crippen LogP contribution in [0.5, 0.6) is 0 Å². The van der Waals surface area contributed by atoms with Gasteiger partial charge < -0.3 is 5.32 Å². The van der Waals surface area contributed by atoms with Crippen LogP contribution in [0.4, 0.5) is 0 Å². The van der Waals surface area contributed by atoms with Gasteiger partial charge in [0, 0.05) is 18.2 Å². The Bertz CT molecular complexity index is 62.5. The molecule has 0 aromatic rings. The Labute approximate surface area is 48.2 Å². The van der Waals surface area contributed by atoms with E-state index in [1.165, 1.54) is 5.75 Å². The summed E-state index contributed by atoms with van der Waals surface area (Å²) in [6.07, 6.45) is 4.37. The van der Waals surface area contributed by atoms with Crippen LogP contribution in [0, 0.1) is 0 Å². The minimum atomic E-state index is 1.05. The third-order valence-electron chi connectivity index (χ3n) is 0.847. The zero-order valence-electron chi connectivity index (χ0n) is 4.18. The minimum Gasteiger partial charge on any atom is -0.304 e. The van der Waals surface area contributed by atoms with E-state index in [0.29, 0.717) is 0 Å². The van der Waals surface area contributed by atoms with Gasteiger partial charge >= 0.3 is 0 Å². The lowest BCUT2D eigenvalue weighted by atomic mass is 10.5. The maximum atomic E-state index is 3.22. The van der Waals surface area contributed by atoms with Gasteiger partial charge in [-0.05, 0) is 0 Å². The molecule has 0 aliphatic carbocycles. The lowest BCUT2D eigenvalue weighted by Gasteiger charge is -1.91. The highest BCUT2D eigenvalue weighted by atomic mass is 32.2. The zero-order chi connectivity index (χ0) is 4.95. The average molecular weight is 115 g/mol. The molecule has 0 saturated heterocycles. The van der Waals surface area contributed by atoms with Crippen molar-refractivity contribution >= 4 is 11.8 Å². The molecule has 0 fully saturated rings. The van der Waals surface area contributed by atoms with Gasteiger partial charge in [-0.25, -0.2) is 0 Å². The monoisotopic (exact) mass is 115 g/mol. The predicted molar refractivity (Wildman–Crippen MR) is 34.5 cm³/mol. The molecule has 40 valence electrons. The van der Waals surface area contributed by atoms with Gasteiger partial charge in [-0.2, -0.15) is 0 Å². The summed E-state index contributed by atoms with van der Waals surface area (Å²) in [6, 6.07) is 0. The quantitative estimate of drug-likeness (QED) is 0.469. The molecule has 0 atom stereocenters. The van der Waals surface area contributed by atoms with E-state index in [0.717, 1.165) is 12.4 Å². The zero-order valence-corrected chi connectivity index (χ0v) is 5.00. The van der Waals surface area contributed by atoms with Crippen LogP contribution in [0.3, 0.4) is 0 Å². The Balaban J connectivity index is 2.20. The van der Waals surface area contributed by atoms with Gasteiger partial charge in [-0.1, -0.05) is 12.2 Å². The Morgan fingerprint density at radius 2 is 2.43 bits per heavy atom. The molecule has 0 radical (unpaired) electrons. The molecule has 0 aromatic heterocycles. The van der Waals surface area contributed by atoms with Gasteiger partial charge in [0.25, 0.3) is 0 Å². The van der Waals surface area contributed by atoms with Crippen LogP contribution < -0.4 is 5.32 Å². The van der Waals surface area contributed by atoms with E-state index in [1.54, 1.807) is 0 Å². The van der Waals surface area contributed by atoms with Gasteiger partial charge in [0.05, 0.1) is 0 Å². The standard InChI is InChI=1S/C5H9NS/c1-2-4-7-5-6-3-1/h1-2,6H,3-5H2. The summed E-state index contributed by atoms with van der Waals surface area (Å²) in [6.45, 7) is 1.05. The van der Waals surface area contributed by atoms with E-state index in [1.807, 2.05) is 11.8 Å². The fourth-order valence-corrected chi connectivity index (χ4v) is 1.14. The molecule has 1 heterocycles. The van der Waals surface area contributed by atoms with Crippen LogP contribution in [0.25, 0.3) is 0 Å². The maximum absolute atomic E-state index is 3.22. The highest BCUT2D eigenvalue weighted by molar-refractivity contribution is 7.99. The molecule has 1 N–H and O–H groups in total. The molecule has 1 aliphatic rings. The summed E-state index contributed by atoms with van der Waals surface area (Å²) < 4.78 is 0. The molecule has 1 rings (SSSR count). The lowest BCUT2D eigenvalue weighted by molar-refractivity contribution is 0.896. The Morgan fingerprint density at radius 1 is 1.43 bits per heavy atom. The molecular weight excluding hydrogens is 106 g/mol. The fraction of sp³-hybridized carbons (Fsp3) is 0.600. The molecule has 1 aliphatic heterocycles. The highest BCUT2D eigenvalue weighted by Gasteiger charge is 1.86. The van der Waals surface area contributed by atoms with Crippen molar-refractivity contribution in [1.29, 1.82) is 0 Å². The van der Waals surface area contributed by atoms with Crippen molar-refractivity contribution in [2.45, 2.75) is 0 Å². The SMILES string of the molecule is C1=CCSCNC1. The predicted octanol–water partition coefficient (Wildman–Crippen LogP) is 0.837. The van der Waals surface area contributed by atoms with Gasteiger partial charge in [-0.3, -0.25) is 0 Å². The Morgan fingerprint density at radius 3 is 3.43 bits per heavy atom. The van der Waals surface area contributed by atoms with Crippen LogP contribution in [0.2, 0.25) is 0 Å². The molecular formula is C5H9NS. The van der Waals surface area contributed by atoms with Crippen LogP contribution in [-0.4, -0.2) is 18.2 Å². The second kappa shape index (κ2) is 3.10.